The normalized spacial score (nSPS) is 24.2. The summed E-state index contributed by atoms with van der Waals surface area (Å²) in [5, 5.41) is 16.1. The van der Waals surface area contributed by atoms with Gasteiger partial charge >= 0.3 is 0 Å². The van der Waals surface area contributed by atoms with E-state index >= 15 is 0 Å². The Balaban J connectivity index is 1.86. The van der Waals surface area contributed by atoms with Crippen molar-refractivity contribution in [1.29, 1.82) is 0 Å². The number of anilines is 1. The molecule has 0 unspecified atom stereocenters. The zero-order valence-corrected chi connectivity index (χ0v) is 14.1. The fourth-order valence-corrected chi connectivity index (χ4v) is 4.38. The molecule has 1 aliphatic carbocycles. The van der Waals surface area contributed by atoms with Crippen molar-refractivity contribution < 1.29 is 9.90 Å². The molecule has 3 atom stereocenters. The Hall–Kier alpha value is -1.97. The quantitative estimate of drug-likeness (QED) is 0.819. The van der Waals surface area contributed by atoms with Crippen molar-refractivity contribution in [3.8, 4) is 0 Å². The molecule has 1 heterocycles. The number of nitrogens with one attached hydrogen (secondary N) is 1. The predicted octanol–water partition coefficient (Wildman–Crippen LogP) is 4.18. The third kappa shape index (κ3) is 2.40. The monoisotopic (exact) mass is 358 g/mol. The summed E-state index contributed by atoms with van der Waals surface area (Å²) in [5.74, 6) is -0.730. The highest BCUT2D eigenvalue weighted by atomic mass is 35.5. The number of benzene rings is 2. The molecular weight excluding hydrogens is 345 g/mol. The van der Waals surface area contributed by atoms with Crippen LogP contribution in [0, 0.1) is 5.92 Å². The summed E-state index contributed by atoms with van der Waals surface area (Å²) in [7, 11) is 0. The Labute approximate surface area is 149 Å². The van der Waals surface area contributed by atoms with Crippen molar-refractivity contribution in [2.45, 2.75) is 18.4 Å². The molecule has 0 spiro atoms. The maximum Gasteiger partial charge on any atom is 0.0736 e. The number of fused-ring (bicyclic) bond motifs is 3. The number of carboxylic acids is 1. The van der Waals surface area contributed by atoms with Crippen LogP contribution in [0.1, 0.15) is 39.9 Å². The molecule has 0 fully saturated rings. The van der Waals surface area contributed by atoms with E-state index in [2.05, 4.69) is 17.5 Å². The highest BCUT2D eigenvalue weighted by Gasteiger charge is 2.39. The van der Waals surface area contributed by atoms with Crippen LogP contribution in [0.2, 0.25) is 10.0 Å². The maximum absolute atomic E-state index is 11.5. The molecule has 2 aliphatic rings. The summed E-state index contributed by atoms with van der Waals surface area (Å²) < 4.78 is 0. The van der Waals surface area contributed by atoms with E-state index in [1.807, 2.05) is 18.2 Å². The number of carbonyl (C=O) groups is 1. The van der Waals surface area contributed by atoms with Crippen LogP contribution in [0.15, 0.2) is 48.6 Å². The number of halogens is 2. The van der Waals surface area contributed by atoms with Gasteiger partial charge in [0.25, 0.3) is 0 Å². The third-order valence-corrected chi connectivity index (χ3v) is 5.48. The van der Waals surface area contributed by atoms with E-state index in [1.54, 1.807) is 18.2 Å². The van der Waals surface area contributed by atoms with Crippen LogP contribution in [-0.2, 0) is 0 Å². The first kappa shape index (κ1) is 15.6. The van der Waals surface area contributed by atoms with Gasteiger partial charge in [0.1, 0.15) is 0 Å². The average molecular weight is 359 g/mol. The van der Waals surface area contributed by atoms with E-state index in [9.17, 15) is 9.90 Å². The van der Waals surface area contributed by atoms with Gasteiger partial charge in [0.2, 0.25) is 0 Å². The second-order valence-electron chi connectivity index (χ2n) is 6.20. The van der Waals surface area contributed by atoms with Gasteiger partial charge in [-0.05, 0) is 35.6 Å². The van der Waals surface area contributed by atoms with Crippen LogP contribution >= 0.6 is 23.2 Å². The second-order valence-corrected chi connectivity index (χ2v) is 7.04. The highest BCUT2D eigenvalue weighted by molar-refractivity contribution is 6.35. The number of allylic oxidation sites excluding steroid dienone is 2. The number of hydrogen-bond acceptors (Lipinski definition) is 3. The van der Waals surface area contributed by atoms with Crippen LogP contribution in [0.3, 0.4) is 0 Å². The molecule has 5 heteroatoms. The first-order chi connectivity index (χ1) is 11.6. The van der Waals surface area contributed by atoms with Crippen LogP contribution in [0.25, 0.3) is 0 Å². The lowest BCUT2D eigenvalue weighted by Gasteiger charge is -2.39. The summed E-state index contributed by atoms with van der Waals surface area (Å²) in [6.07, 6.45) is 5.21. The minimum atomic E-state index is -1.18. The lowest BCUT2D eigenvalue weighted by atomic mass is 9.76. The molecule has 3 nitrogen and oxygen atoms in total. The number of hydrogen-bond donors (Lipinski definition) is 1. The molecule has 0 saturated heterocycles. The van der Waals surface area contributed by atoms with Crippen LogP contribution in [-0.4, -0.2) is 5.97 Å². The van der Waals surface area contributed by atoms with E-state index in [-0.39, 0.29) is 23.4 Å². The Morgan fingerprint density at radius 2 is 2.00 bits per heavy atom. The molecule has 0 amide bonds. The van der Waals surface area contributed by atoms with Gasteiger partial charge < -0.3 is 15.2 Å². The summed E-state index contributed by atoms with van der Waals surface area (Å²) in [4.78, 5) is 11.5. The Morgan fingerprint density at radius 1 is 1.17 bits per heavy atom. The largest absolute Gasteiger partial charge is 0.545 e. The summed E-state index contributed by atoms with van der Waals surface area (Å²) in [6, 6.07) is 10.7. The second kappa shape index (κ2) is 5.83. The van der Waals surface area contributed by atoms with E-state index in [1.165, 1.54) is 0 Å². The number of carboxylic acid groups (broad SMARTS) is 1. The van der Waals surface area contributed by atoms with Crippen LogP contribution in [0.4, 0.5) is 5.69 Å². The molecule has 0 bridgehead atoms. The first-order valence-corrected chi connectivity index (χ1v) is 8.54. The Kier molecular flexibility index (Phi) is 3.78. The summed E-state index contributed by atoms with van der Waals surface area (Å²) >= 11 is 12.4. The summed E-state index contributed by atoms with van der Waals surface area (Å²) in [6.45, 7) is 0. The van der Waals surface area contributed by atoms with Gasteiger partial charge in [-0.3, -0.25) is 0 Å². The summed E-state index contributed by atoms with van der Waals surface area (Å²) in [5.41, 5.74) is 2.73. The van der Waals surface area contributed by atoms with Gasteiger partial charge in [0.15, 0.2) is 0 Å². The van der Waals surface area contributed by atoms with E-state index in [4.69, 9.17) is 23.2 Å². The van der Waals surface area contributed by atoms with Gasteiger partial charge in [-0.1, -0.05) is 59.6 Å². The smallest absolute Gasteiger partial charge is 0.0736 e. The molecule has 24 heavy (non-hydrogen) atoms. The topological polar surface area (TPSA) is 52.2 Å². The van der Waals surface area contributed by atoms with Crippen molar-refractivity contribution in [3.05, 3.63) is 75.3 Å². The van der Waals surface area contributed by atoms with Gasteiger partial charge in [0, 0.05) is 27.2 Å². The Morgan fingerprint density at radius 3 is 2.75 bits per heavy atom. The first-order valence-electron chi connectivity index (χ1n) is 7.78. The molecule has 1 N–H and O–H groups in total. The van der Waals surface area contributed by atoms with Gasteiger partial charge in [-0.2, -0.15) is 0 Å². The number of rotatable bonds is 2. The Bertz CT molecular complexity index is 862. The van der Waals surface area contributed by atoms with Gasteiger partial charge in [0.05, 0.1) is 12.0 Å². The van der Waals surface area contributed by atoms with Crippen molar-refractivity contribution >= 4 is 34.9 Å². The molecule has 0 saturated carbocycles. The van der Waals surface area contributed by atoms with Crippen molar-refractivity contribution in [3.63, 3.8) is 0 Å². The SMILES string of the molecule is O=C([O-])c1cccc2c1N[C@H](c1ccc(Cl)cc1Cl)[C@@H]1CC=C[C@@H]21. The maximum atomic E-state index is 11.5. The number of carbonyl (C=O) groups excluding carboxylic acids is 1. The molecule has 0 aromatic heterocycles. The van der Waals surface area contributed by atoms with E-state index < -0.39 is 5.97 Å². The van der Waals surface area contributed by atoms with Crippen molar-refractivity contribution in [2.24, 2.45) is 5.92 Å². The molecule has 2 aromatic carbocycles. The molecule has 122 valence electrons. The minimum absolute atomic E-state index is 0.0808. The minimum Gasteiger partial charge on any atom is -0.545 e. The molecule has 0 radical (unpaired) electrons. The van der Waals surface area contributed by atoms with Crippen LogP contribution in [0.5, 0.6) is 0 Å². The van der Waals surface area contributed by atoms with Crippen LogP contribution < -0.4 is 10.4 Å². The highest BCUT2D eigenvalue weighted by Crippen LogP contribution is 2.51. The molecule has 1 aliphatic heterocycles. The number of para-hydroxylation sites is 1. The van der Waals surface area contributed by atoms with Gasteiger partial charge in [-0.15, -0.1) is 0 Å². The van der Waals surface area contributed by atoms with E-state index in [0.717, 1.165) is 17.5 Å². The zero-order chi connectivity index (χ0) is 16.8. The fraction of sp³-hybridized carbons (Fsp3) is 0.211. The zero-order valence-electron chi connectivity index (χ0n) is 12.6. The lowest BCUT2D eigenvalue weighted by Crippen LogP contribution is -2.32. The molecular formula is C19H14Cl2NO2-. The third-order valence-electron chi connectivity index (χ3n) is 4.91. The van der Waals surface area contributed by atoms with Gasteiger partial charge in [-0.25, -0.2) is 0 Å². The van der Waals surface area contributed by atoms with E-state index in [0.29, 0.717) is 15.7 Å². The number of aromatic carboxylic acids is 1. The lowest BCUT2D eigenvalue weighted by molar-refractivity contribution is -0.254. The van der Waals surface area contributed by atoms with Crippen molar-refractivity contribution in [2.75, 3.05) is 5.32 Å². The fourth-order valence-electron chi connectivity index (χ4n) is 3.85. The standard InChI is InChI=1S/C19H15Cl2NO2/c20-10-7-8-14(16(21)9-10)17-12-4-1-3-11(12)13-5-2-6-15(19(23)24)18(13)22-17/h1-3,5-9,11-12,17,22H,4H2,(H,23,24)/p-1/t11-,12-,17+/m1/s1. The molecule has 4 rings (SSSR count). The predicted molar refractivity (Wildman–Crippen MR) is 93.6 cm³/mol. The average Bonchev–Trinajstić information content (AvgIpc) is 3.03. The van der Waals surface area contributed by atoms with Crippen molar-refractivity contribution in [1.82, 2.24) is 0 Å². The molecule has 2 aromatic rings.